The summed E-state index contributed by atoms with van der Waals surface area (Å²) in [6.45, 7) is 6.32. The number of nitrogens with zero attached hydrogens (tertiary/aromatic N) is 4. The zero-order valence-electron chi connectivity index (χ0n) is 36.4. The maximum Gasteiger partial charge on any atom is 0.205 e. The van der Waals surface area contributed by atoms with Gasteiger partial charge < -0.3 is 37.4 Å². The molecule has 0 N–H and O–H groups in total. The standard InChI is InChI=1S/C46H67N4O6S2/c1-49(2,28-18-25-47-24-16-13-11-12-14-20-38-34-43(53-7)45(55-9)36-41(38)51-5)30-32-57-58-33-31-50(3,4)29-19-27-48-26-17-15-21-40(48)23-22-39-35-44(54-8)46(56-10)37-42(39)52-6/h11-17,20-24,26,34-37H,18-19,25,27-33H2,1-10H3/q+3/b12-11+,16-13-,20-14+,23-22+,47-24?. The first-order valence-corrected chi connectivity index (χ1v) is 22.1. The number of aromatic nitrogens is 1. The van der Waals surface area contributed by atoms with Gasteiger partial charge in [0, 0.05) is 60.6 Å². The minimum atomic E-state index is 0.637. The van der Waals surface area contributed by atoms with E-state index in [1.807, 2.05) is 88.5 Å². The van der Waals surface area contributed by atoms with Crippen molar-refractivity contribution in [1.82, 2.24) is 0 Å². The number of allylic oxidation sites excluding steroid dienone is 5. The highest BCUT2D eigenvalue weighted by Crippen LogP contribution is 2.36. The van der Waals surface area contributed by atoms with Crippen LogP contribution in [0, 0.1) is 0 Å². The highest BCUT2D eigenvalue weighted by atomic mass is 33.1. The fourth-order valence-electron chi connectivity index (χ4n) is 6.09. The van der Waals surface area contributed by atoms with E-state index in [1.54, 1.807) is 42.7 Å². The van der Waals surface area contributed by atoms with Crippen LogP contribution in [0.15, 0.2) is 84.0 Å². The first kappa shape index (κ1) is 48.0. The molecule has 1 aromatic heterocycles. The van der Waals surface area contributed by atoms with Crippen LogP contribution in [-0.4, -0.2) is 130 Å². The molecule has 0 aliphatic rings. The maximum atomic E-state index is 5.62. The van der Waals surface area contributed by atoms with Gasteiger partial charge in [-0.15, -0.1) is 0 Å². The van der Waals surface area contributed by atoms with Gasteiger partial charge in [-0.05, 0) is 30.4 Å². The third-order valence-electron chi connectivity index (χ3n) is 9.65. The Morgan fingerprint density at radius 3 is 1.62 bits per heavy atom. The Balaban J connectivity index is 1.30. The van der Waals surface area contributed by atoms with Crippen molar-refractivity contribution in [1.29, 1.82) is 0 Å². The molecule has 0 unspecified atom stereocenters. The van der Waals surface area contributed by atoms with Crippen LogP contribution in [0.3, 0.4) is 0 Å². The van der Waals surface area contributed by atoms with Crippen LogP contribution in [0.5, 0.6) is 34.5 Å². The second-order valence-corrected chi connectivity index (χ2v) is 17.6. The molecule has 0 fully saturated rings. The van der Waals surface area contributed by atoms with Gasteiger partial charge in [-0.3, -0.25) is 4.99 Å². The molecule has 3 rings (SSSR count). The predicted molar refractivity (Wildman–Crippen MR) is 246 cm³/mol. The molecule has 3 aromatic rings. The molecule has 12 heteroatoms. The van der Waals surface area contributed by atoms with E-state index in [1.165, 1.54) is 0 Å². The van der Waals surface area contributed by atoms with Gasteiger partial charge in [0.25, 0.3) is 0 Å². The molecule has 0 saturated carbocycles. The number of aliphatic imine (C=N–C) groups is 1. The fourth-order valence-corrected chi connectivity index (χ4v) is 8.62. The Hall–Kier alpha value is -4.36. The largest absolute Gasteiger partial charge is 0.496 e. The molecule has 0 radical (unpaired) electrons. The number of methoxy groups -OCH3 is 6. The summed E-state index contributed by atoms with van der Waals surface area (Å²) in [5.74, 6) is 6.37. The zero-order valence-corrected chi connectivity index (χ0v) is 38.1. The highest BCUT2D eigenvalue weighted by molar-refractivity contribution is 8.76. The molecule has 10 nitrogen and oxygen atoms in total. The molecule has 2 aromatic carbocycles. The first-order valence-electron chi connectivity index (χ1n) is 19.6. The van der Waals surface area contributed by atoms with Gasteiger partial charge in [-0.2, -0.15) is 4.57 Å². The lowest BCUT2D eigenvalue weighted by molar-refractivity contribution is -0.890. The third kappa shape index (κ3) is 16.9. The summed E-state index contributed by atoms with van der Waals surface area (Å²) in [5.41, 5.74) is 2.98. The average molecular weight is 836 g/mol. The van der Waals surface area contributed by atoms with Crippen LogP contribution < -0.4 is 33.0 Å². The Morgan fingerprint density at radius 2 is 1.05 bits per heavy atom. The van der Waals surface area contributed by atoms with Crippen molar-refractivity contribution >= 4 is 46.0 Å². The van der Waals surface area contributed by atoms with Crippen molar-refractivity contribution in [3.05, 3.63) is 95.9 Å². The maximum absolute atomic E-state index is 5.62. The monoisotopic (exact) mass is 835 g/mol. The van der Waals surface area contributed by atoms with Crippen LogP contribution in [-0.2, 0) is 6.54 Å². The third-order valence-corrected chi connectivity index (χ3v) is 12.0. The fraction of sp³-hybridized carbons (Fsp3) is 0.435. The topological polar surface area (TPSA) is 71.6 Å². The average Bonchev–Trinajstić information content (AvgIpc) is 3.22. The predicted octanol–water partition coefficient (Wildman–Crippen LogP) is 8.41. The van der Waals surface area contributed by atoms with Crippen molar-refractivity contribution in [2.24, 2.45) is 4.99 Å². The summed E-state index contributed by atoms with van der Waals surface area (Å²) < 4.78 is 37.2. The molecule has 316 valence electrons. The van der Waals surface area contributed by atoms with Crippen LogP contribution in [0.2, 0.25) is 0 Å². The van der Waals surface area contributed by atoms with Crippen molar-refractivity contribution in [2.45, 2.75) is 19.4 Å². The Morgan fingerprint density at radius 1 is 0.552 bits per heavy atom. The lowest BCUT2D eigenvalue weighted by Crippen LogP contribution is -2.45. The smallest absolute Gasteiger partial charge is 0.205 e. The molecule has 0 saturated heterocycles. The quantitative estimate of drug-likeness (QED) is 0.0190. The highest BCUT2D eigenvalue weighted by Gasteiger charge is 2.18. The Kier molecular flexibility index (Phi) is 21.4. The van der Waals surface area contributed by atoms with Gasteiger partial charge in [0.1, 0.15) is 11.5 Å². The second kappa shape index (κ2) is 25.9. The van der Waals surface area contributed by atoms with Gasteiger partial charge in [-0.1, -0.05) is 52.0 Å². The van der Waals surface area contributed by atoms with E-state index >= 15 is 0 Å². The summed E-state index contributed by atoms with van der Waals surface area (Å²) in [6.07, 6.45) is 22.2. The summed E-state index contributed by atoms with van der Waals surface area (Å²) in [6, 6.07) is 13.8. The summed E-state index contributed by atoms with van der Waals surface area (Å²) in [5, 5.41) is 0. The van der Waals surface area contributed by atoms with E-state index in [9.17, 15) is 0 Å². The lowest BCUT2D eigenvalue weighted by atomic mass is 10.1. The molecule has 0 amide bonds. The number of ether oxygens (including phenoxy) is 6. The molecule has 1 heterocycles. The number of pyridine rings is 1. The van der Waals surface area contributed by atoms with E-state index in [2.05, 4.69) is 74.3 Å². The van der Waals surface area contributed by atoms with Crippen molar-refractivity contribution < 1.29 is 42.0 Å². The molecule has 0 bridgehead atoms. The minimum absolute atomic E-state index is 0.637. The van der Waals surface area contributed by atoms with E-state index < -0.39 is 0 Å². The van der Waals surface area contributed by atoms with Crippen LogP contribution in [0.1, 0.15) is 29.7 Å². The normalized spacial score (nSPS) is 12.4. The number of hydrogen-bond acceptors (Lipinski definition) is 9. The van der Waals surface area contributed by atoms with Gasteiger partial charge in [0.2, 0.25) is 5.69 Å². The van der Waals surface area contributed by atoms with Crippen molar-refractivity contribution in [3.8, 4) is 34.5 Å². The Labute approximate surface area is 356 Å². The first-order chi connectivity index (χ1) is 28.0. The summed E-state index contributed by atoms with van der Waals surface area (Å²) in [4.78, 5) is 4.58. The van der Waals surface area contributed by atoms with E-state index in [0.717, 1.165) is 101 Å². The number of quaternary nitrogens is 2. The van der Waals surface area contributed by atoms with Gasteiger partial charge in [0.15, 0.2) is 35.7 Å². The number of aryl methyl sites for hydroxylation is 1. The molecule has 0 aliphatic heterocycles. The summed E-state index contributed by atoms with van der Waals surface area (Å²) >= 11 is 0. The number of benzene rings is 2. The van der Waals surface area contributed by atoms with Gasteiger partial charge in [-0.25, -0.2) is 0 Å². The summed E-state index contributed by atoms with van der Waals surface area (Å²) in [7, 11) is 23.2. The van der Waals surface area contributed by atoms with Crippen LogP contribution in [0.4, 0.5) is 0 Å². The van der Waals surface area contributed by atoms with Crippen molar-refractivity contribution in [2.75, 3.05) is 115 Å². The lowest BCUT2D eigenvalue weighted by Gasteiger charge is -2.30. The van der Waals surface area contributed by atoms with Crippen LogP contribution >= 0.6 is 21.6 Å². The molecule has 0 aliphatic carbocycles. The SMILES string of the molecule is COc1cc(OC)c(OC)cc1/C=C/C=C/C=C\C=NCCC[N+](C)(C)CCSSCC[N+](C)(C)CCC[n+]1ccccc1/C=C/c1cc(OC)c(OC)cc1OC. The molecule has 58 heavy (non-hydrogen) atoms. The molecular formula is C46H67N4O6S2+3. The number of hydrogen-bond donors (Lipinski definition) is 0. The van der Waals surface area contributed by atoms with Gasteiger partial charge in [0.05, 0.1) is 115 Å². The van der Waals surface area contributed by atoms with E-state index in [0.29, 0.717) is 23.0 Å². The molecule has 0 spiro atoms. The van der Waals surface area contributed by atoms with Crippen molar-refractivity contribution in [3.63, 3.8) is 0 Å². The van der Waals surface area contributed by atoms with E-state index in [4.69, 9.17) is 28.4 Å². The molecular weight excluding hydrogens is 769 g/mol. The van der Waals surface area contributed by atoms with Gasteiger partial charge >= 0.3 is 0 Å². The number of rotatable bonds is 27. The van der Waals surface area contributed by atoms with Crippen LogP contribution in [0.25, 0.3) is 18.2 Å². The molecule has 0 atom stereocenters. The van der Waals surface area contributed by atoms with E-state index in [-0.39, 0.29) is 0 Å². The second-order valence-electron chi connectivity index (χ2n) is 14.9. The zero-order chi connectivity index (χ0) is 42.2. The minimum Gasteiger partial charge on any atom is -0.496 e. The Bertz CT molecular complexity index is 1840.